The molecule has 0 aromatic heterocycles. The minimum atomic E-state index is -0.150. The maximum Gasteiger partial charge on any atom is 0.228 e. The van der Waals surface area contributed by atoms with Gasteiger partial charge >= 0.3 is 0 Å². The van der Waals surface area contributed by atoms with Crippen molar-refractivity contribution in [1.82, 2.24) is 14.7 Å². The molecule has 1 aliphatic carbocycles. The Bertz CT molecular complexity index is 738. The average Bonchev–Trinajstić information content (AvgIpc) is 3.14. The Balaban J connectivity index is 1.22. The lowest BCUT2D eigenvalue weighted by molar-refractivity contribution is -0.137. The van der Waals surface area contributed by atoms with Crippen LogP contribution in [-0.4, -0.2) is 65.8 Å². The molecule has 0 saturated carbocycles. The Morgan fingerprint density at radius 1 is 1.03 bits per heavy atom. The molecule has 0 spiro atoms. The highest BCUT2D eigenvalue weighted by Crippen LogP contribution is 2.24. The van der Waals surface area contributed by atoms with Gasteiger partial charge in [0.25, 0.3) is 0 Å². The van der Waals surface area contributed by atoms with Crippen LogP contribution < -0.4 is 0 Å². The van der Waals surface area contributed by atoms with Crippen LogP contribution in [0.1, 0.15) is 44.1 Å². The molecule has 1 aromatic rings. The highest BCUT2D eigenvalue weighted by Gasteiger charge is 2.37. The lowest BCUT2D eigenvalue weighted by Gasteiger charge is -2.36. The van der Waals surface area contributed by atoms with Crippen molar-refractivity contribution < 1.29 is 9.59 Å². The van der Waals surface area contributed by atoms with Crippen LogP contribution in [0.3, 0.4) is 0 Å². The number of hydrogen-bond acceptors (Lipinski definition) is 3. The van der Waals surface area contributed by atoms with Gasteiger partial charge in [0.05, 0.1) is 5.92 Å². The van der Waals surface area contributed by atoms with E-state index >= 15 is 0 Å². The summed E-state index contributed by atoms with van der Waals surface area (Å²) in [6.45, 7) is 5.66. The summed E-state index contributed by atoms with van der Waals surface area (Å²) in [4.78, 5) is 31.7. The standard InChI is InChI=1S/C24H33N3O2/c28-23-17-22(19-27(23)12-11-20-7-3-1-4-8-20)24(29)26-15-13-25(14-16-26)18-21-9-5-2-6-10-21/h2,5-7,9-10,22H,1,3-4,8,11-19H2. The van der Waals surface area contributed by atoms with Crippen LogP contribution >= 0.6 is 0 Å². The Kier molecular flexibility index (Phi) is 6.65. The zero-order chi connectivity index (χ0) is 20.1. The van der Waals surface area contributed by atoms with E-state index in [9.17, 15) is 9.59 Å². The number of benzene rings is 1. The first-order chi connectivity index (χ1) is 14.2. The summed E-state index contributed by atoms with van der Waals surface area (Å²) in [5.74, 6) is 0.183. The summed E-state index contributed by atoms with van der Waals surface area (Å²) >= 11 is 0. The molecule has 5 heteroatoms. The lowest BCUT2D eigenvalue weighted by atomic mass is 9.97. The number of hydrogen-bond donors (Lipinski definition) is 0. The zero-order valence-electron chi connectivity index (χ0n) is 17.4. The molecular formula is C24H33N3O2. The number of piperazine rings is 1. The van der Waals surface area contributed by atoms with Gasteiger partial charge in [0.2, 0.25) is 11.8 Å². The van der Waals surface area contributed by atoms with Gasteiger partial charge in [-0.3, -0.25) is 14.5 Å². The van der Waals surface area contributed by atoms with E-state index in [0.717, 1.165) is 45.7 Å². The van der Waals surface area contributed by atoms with Crippen molar-refractivity contribution >= 4 is 11.8 Å². The van der Waals surface area contributed by atoms with Gasteiger partial charge < -0.3 is 9.80 Å². The van der Waals surface area contributed by atoms with E-state index < -0.39 is 0 Å². The second-order valence-corrected chi connectivity index (χ2v) is 8.69. The summed E-state index contributed by atoms with van der Waals surface area (Å²) < 4.78 is 0. The van der Waals surface area contributed by atoms with E-state index in [-0.39, 0.29) is 17.7 Å². The molecule has 1 unspecified atom stereocenters. The SMILES string of the molecule is O=C1CC(C(=O)N2CCN(Cc3ccccc3)CC2)CN1CCC1=CCCCC1. The van der Waals surface area contributed by atoms with Crippen molar-refractivity contribution in [1.29, 1.82) is 0 Å². The Hall–Kier alpha value is -2.14. The molecule has 2 heterocycles. The Morgan fingerprint density at radius 3 is 2.55 bits per heavy atom. The van der Waals surface area contributed by atoms with Gasteiger partial charge in [0, 0.05) is 52.2 Å². The second-order valence-electron chi connectivity index (χ2n) is 8.69. The second kappa shape index (κ2) is 9.57. The molecule has 0 bridgehead atoms. The van der Waals surface area contributed by atoms with E-state index in [0.29, 0.717) is 13.0 Å². The molecule has 2 aliphatic heterocycles. The third-order valence-electron chi connectivity index (χ3n) is 6.58. The largest absolute Gasteiger partial charge is 0.342 e. The van der Waals surface area contributed by atoms with Gasteiger partial charge in [-0.15, -0.1) is 0 Å². The molecule has 5 nitrogen and oxygen atoms in total. The summed E-state index contributed by atoms with van der Waals surface area (Å²) in [5, 5.41) is 0. The predicted octanol–water partition coefficient (Wildman–Crippen LogP) is 3.07. The molecular weight excluding hydrogens is 362 g/mol. The van der Waals surface area contributed by atoms with Crippen LogP contribution in [0.15, 0.2) is 42.0 Å². The molecule has 1 aromatic carbocycles. The Labute approximate surface area is 174 Å². The van der Waals surface area contributed by atoms with Gasteiger partial charge in [-0.25, -0.2) is 0 Å². The van der Waals surface area contributed by atoms with Gasteiger partial charge in [0.1, 0.15) is 0 Å². The fraction of sp³-hybridized carbons (Fsp3) is 0.583. The topological polar surface area (TPSA) is 43.9 Å². The molecule has 2 amide bonds. The predicted molar refractivity (Wildman–Crippen MR) is 114 cm³/mol. The molecule has 29 heavy (non-hydrogen) atoms. The van der Waals surface area contributed by atoms with Crippen molar-refractivity contribution in [2.75, 3.05) is 39.3 Å². The van der Waals surface area contributed by atoms with Crippen LogP contribution in [0, 0.1) is 5.92 Å². The third kappa shape index (κ3) is 5.27. The van der Waals surface area contributed by atoms with Crippen LogP contribution in [0.5, 0.6) is 0 Å². The van der Waals surface area contributed by atoms with Crippen LogP contribution in [0.2, 0.25) is 0 Å². The molecule has 4 rings (SSSR count). The molecule has 0 radical (unpaired) electrons. The molecule has 1 atom stereocenters. The maximum absolute atomic E-state index is 13.0. The van der Waals surface area contributed by atoms with Crippen molar-refractivity contribution in [2.45, 2.75) is 45.1 Å². The van der Waals surface area contributed by atoms with Crippen LogP contribution in [-0.2, 0) is 16.1 Å². The van der Waals surface area contributed by atoms with E-state index in [4.69, 9.17) is 0 Å². The van der Waals surface area contributed by atoms with Crippen molar-refractivity contribution in [3.8, 4) is 0 Å². The van der Waals surface area contributed by atoms with Crippen LogP contribution in [0.25, 0.3) is 0 Å². The molecule has 156 valence electrons. The highest BCUT2D eigenvalue weighted by molar-refractivity contribution is 5.89. The fourth-order valence-corrected chi connectivity index (χ4v) is 4.79. The lowest BCUT2D eigenvalue weighted by Crippen LogP contribution is -2.50. The maximum atomic E-state index is 13.0. The van der Waals surface area contributed by atoms with Crippen molar-refractivity contribution in [2.24, 2.45) is 5.92 Å². The minimum absolute atomic E-state index is 0.150. The molecule has 2 fully saturated rings. The molecule has 3 aliphatic rings. The van der Waals surface area contributed by atoms with Gasteiger partial charge in [0.15, 0.2) is 0 Å². The number of allylic oxidation sites excluding steroid dienone is 1. The van der Waals surface area contributed by atoms with Crippen LogP contribution in [0.4, 0.5) is 0 Å². The van der Waals surface area contributed by atoms with E-state index in [1.54, 1.807) is 0 Å². The quantitative estimate of drug-likeness (QED) is 0.696. The summed E-state index contributed by atoms with van der Waals surface area (Å²) in [6, 6.07) is 10.5. The third-order valence-corrected chi connectivity index (χ3v) is 6.58. The van der Waals surface area contributed by atoms with Gasteiger partial charge in [-0.1, -0.05) is 42.0 Å². The van der Waals surface area contributed by atoms with E-state index in [1.165, 1.54) is 36.8 Å². The summed E-state index contributed by atoms with van der Waals surface area (Å²) in [5.41, 5.74) is 2.81. The summed E-state index contributed by atoms with van der Waals surface area (Å²) in [6.07, 6.45) is 8.64. The zero-order valence-corrected chi connectivity index (χ0v) is 17.4. The van der Waals surface area contributed by atoms with Crippen molar-refractivity contribution in [3.05, 3.63) is 47.5 Å². The first kappa shape index (κ1) is 20.1. The minimum Gasteiger partial charge on any atom is -0.342 e. The van der Waals surface area contributed by atoms with Gasteiger partial charge in [-0.05, 0) is 37.7 Å². The van der Waals surface area contributed by atoms with Gasteiger partial charge in [-0.2, -0.15) is 0 Å². The highest BCUT2D eigenvalue weighted by atomic mass is 16.2. The fourth-order valence-electron chi connectivity index (χ4n) is 4.79. The first-order valence-electron chi connectivity index (χ1n) is 11.2. The number of rotatable bonds is 6. The molecule has 0 N–H and O–H groups in total. The number of nitrogens with zero attached hydrogens (tertiary/aromatic N) is 3. The number of amides is 2. The normalized spacial score (nSPS) is 23.4. The smallest absolute Gasteiger partial charge is 0.228 e. The molecule has 2 saturated heterocycles. The monoisotopic (exact) mass is 395 g/mol. The average molecular weight is 396 g/mol. The van der Waals surface area contributed by atoms with E-state index in [2.05, 4.69) is 35.2 Å². The number of carbonyl (C=O) groups excluding carboxylic acids is 2. The van der Waals surface area contributed by atoms with Crippen molar-refractivity contribution in [3.63, 3.8) is 0 Å². The number of likely N-dealkylation sites (tertiary alicyclic amines) is 1. The Morgan fingerprint density at radius 2 is 1.83 bits per heavy atom. The number of carbonyl (C=O) groups is 2. The van der Waals surface area contributed by atoms with E-state index in [1.807, 2.05) is 15.9 Å². The first-order valence-corrected chi connectivity index (χ1v) is 11.2. The summed E-state index contributed by atoms with van der Waals surface area (Å²) in [7, 11) is 0.